The smallest absolute Gasteiger partial charge is 0.344 e. The van der Waals surface area contributed by atoms with E-state index in [1.807, 2.05) is 48.5 Å². The molecular weight excluding hydrogens is 903 g/mol. The molecule has 0 spiro atoms. The number of ketones is 2. The van der Waals surface area contributed by atoms with Gasteiger partial charge in [-0.1, -0.05) is 144 Å². The zero-order valence-corrected chi connectivity index (χ0v) is 42.0. The number of nitrogens with zero attached hydrogens (tertiary/aromatic N) is 1. The Bertz CT molecular complexity index is 2520. The van der Waals surface area contributed by atoms with Crippen molar-refractivity contribution in [2.24, 2.45) is 34.5 Å². The summed E-state index contributed by atoms with van der Waals surface area (Å²) in [6.07, 6.45) is 13.2. The minimum Gasteiger partial charge on any atom is -0.506 e. The van der Waals surface area contributed by atoms with E-state index in [0.29, 0.717) is 36.8 Å². The second-order valence-corrected chi connectivity index (χ2v) is 20.6. The first-order valence-corrected chi connectivity index (χ1v) is 25.7. The first-order chi connectivity index (χ1) is 34.0. The molecule has 0 amide bonds. The summed E-state index contributed by atoms with van der Waals surface area (Å²) in [6.45, 7) is 12.4. The third-order valence-corrected chi connectivity index (χ3v) is 16.8. The van der Waals surface area contributed by atoms with Gasteiger partial charge in [0.15, 0.2) is 35.7 Å². The number of fused-ring (bicyclic) bond motifs is 8. The highest BCUT2D eigenvalue weighted by molar-refractivity contribution is 6.01. The maximum Gasteiger partial charge on any atom is 0.344 e. The number of esters is 1. The lowest BCUT2D eigenvalue weighted by Crippen LogP contribution is -2.63. The molecule has 9 rings (SSSR count). The van der Waals surface area contributed by atoms with Crippen LogP contribution in [0.25, 0.3) is 10.8 Å². The van der Waals surface area contributed by atoms with E-state index in [0.717, 1.165) is 75.4 Å². The molecule has 5 fully saturated rings. The first-order valence-electron chi connectivity index (χ1n) is 25.7. The van der Waals surface area contributed by atoms with Crippen LogP contribution in [0, 0.1) is 46.3 Å². The first kappa shape index (κ1) is 53.6. The van der Waals surface area contributed by atoms with Gasteiger partial charge in [0.2, 0.25) is 0 Å². The molecule has 71 heavy (non-hydrogen) atoms. The Labute approximate surface area is 418 Å². The van der Waals surface area contributed by atoms with Crippen LogP contribution >= 0.6 is 0 Å². The van der Waals surface area contributed by atoms with Crippen LogP contribution in [0.5, 0.6) is 5.75 Å². The maximum absolute atomic E-state index is 13.2. The molecule has 2 unspecified atom stereocenters. The minimum absolute atomic E-state index is 0.0125. The van der Waals surface area contributed by atoms with Gasteiger partial charge in [-0.05, 0) is 99.0 Å². The third-order valence-electron chi connectivity index (χ3n) is 16.8. The molecule has 10 atom stereocenters. The van der Waals surface area contributed by atoms with Gasteiger partial charge < -0.3 is 39.7 Å². The zero-order valence-electron chi connectivity index (χ0n) is 42.0. The Morgan fingerprint density at radius 2 is 1.63 bits per heavy atom. The number of Topliss-reactive ketones (excluding diaryl/α,β-unsaturated/α-hetero) is 1. The molecule has 0 aromatic heterocycles. The molecule has 1 aliphatic heterocycles. The molecule has 13 heteroatoms. The van der Waals surface area contributed by atoms with Gasteiger partial charge in [0.1, 0.15) is 17.9 Å². The number of carbonyl (C=O) groups is 4. The van der Waals surface area contributed by atoms with Gasteiger partial charge in [0.05, 0.1) is 18.8 Å². The lowest BCUT2D eigenvalue weighted by Gasteiger charge is -2.59. The van der Waals surface area contributed by atoms with Crippen LogP contribution in [0.2, 0.25) is 0 Å². The van der Waals surface area contributed by atoms with E-state index >= 15 is 0 Å². The van der Waals surface area contributed by atoms with E-state index < -0.39 is 53.7 Å². The van der Waals surface area contributed by atoms with Gasteiger partial charge in [-0.2, -0.15) is 0 Å². The molecule has 6 aliphatic rings. The van der Waals surface area contributed by atoms with Crippen molar-refractivity contribution in [3.05, 3.63) is 102 Å². The van der Waals surface area contributed by atoms with E-state index in [4.69, 9.17) is 19.3 Å². The summed E-state index contributed by atoms with van der Waals surface area (Å²) in [5.41, 5.74) is -2.08. The minimum atomic E-state index is -1.58. The van der Waals surface area contributed by atoms with Gasteiger partial charge in [-0.25, -0.2) is 9.59 Å². The van der Waals surface area contributed by atoms with Crippen molar-refractivity contribution in [2.75, 3.05) is 32.8 Å². The maximum atomic E-state index is 13.2. The fraction of sp³-hybridized carbons (Fsp3) is 0.552. The highest BCUT2D eigenvalue weighted by Crippen LogP contribution is 2.69. The number of aromatic carboxylic acids is 1. The van der Waals surface area contributed by atoms with Crippen LogP contribution in [0.15, 0.2) is 90.5 Å². The van der Waals surface area contributed by atoms with Gasteiger partial charge in [0, 0.05) is 28.1 Å². The van der Waals surface area contributed by atoms with Gasteiger partial charge in [-0.3, -0.25) is 14.5 Å². The Morgan fingerprint density at radius 1 is 0.930 bits per heavy atom. The topological polar surface area (TPSA) is 200 Å². The summed E-state index contributed by atoms with van der Waals surface area (Å²) < 4.78 is 18.0. The number of allylic oxidation sites excluding steroid dienone is 4. The average Bonchev–Trinajstić information content (AvgIpc) is 3.86. The summed E-state index contributed by atoms with van der Waals surface area (Å²) in [4.78, 5) is 50.9. The predicted molar refractivity (Wildman–Crippen MR) is 269 cm³/mol. The largest absolute Gasteiger partial charge is 0.506 e. The molecule has 0 bridgehead atoms. The number of ether oxygens (including phenoxy) is 3. The molecule has 5 aliphatic carbocycles. The summed E-state index contributed by atoms with van der Waals surface area (Å²) in [6, 6.07) is 19.4. The molecule has 13 nitrogen and oxygen atoms in total. The number of rotatable bonds is 12. The van der Waals surface area contributed by atoms with Crippen LogP contribution in [-0.4, -0.2) is 111 Å². The summed E-state index contributed by atoms with van der Waals surface area (Å²) in [7, 11) is 0. The fourth-order valence-corrected chi connectivity index (χ4v) is 13.2. The molecule has 0 radical (unpaired) electrons. The summed E-state index contributed by atoms with van der Waals surface area (Å²) in [5.74, 6) is 3.99. The number of hydrogen-bond donors (Lipinski definition) is 5. The van der Waals surface area contributed by atoms with E-state index in [1.54, 1.807) is 30.4 Å². The molecule has 3 aromatic carbocycles. The van der Waals surface area contributed by atoms with Crippen LogP contribution in [0.4, 0.5) is 0 Å². The third kappa shape index (κ3) is 10.3. The number of aliphatic hydroxyl groups is 3. The van der Waals surface area contributed by atoms with Crippen LogP contribution < -0.4 is 0 Å². The molecule has 5 N–H and O–H groups in total. The highest BCUT2D eigenvalue weighted by atomic mass is 16.7. The van der Waals surface area contributed by atoms with Crippen LogP contribution in [0.1, 0.15) is 121 Å². The van der Waals surface area contributed by atoms with Crippen molar-refractivity contribution in [3.63, 3.8) is 0 Å². The highest BCUT2D eigenvalue weighted by Gasteiger charge is 2.75. The monoisotopic (exact) mass is 976 g/mol. The number of benzene rings is 3. The number of phenols is 1. The average molecular weight is 976 g/mol. The van der Waals surface area contributed by atoms with E-state index in [9.17, 15) is 39.6 Å². The van der Waals surface area contributed by atoms with Gasteiger partial charge in [0.25, 0.3) is 0 Å². The van der Waals surface area contributed by atoms with Crippen molar-refractivity contribution < 1.29 is 58.9 Å². The van der Waals surface area contributed by atoms with E-state index in [-0.39, 0.29) is 58.6 Å². The summed E-state index contributed by atoms with van der Waals surface area (Å²) >= 11 is 0. The van der Waals surface area contributed by atoms with Gasteiger partial charge in [-0.15, -0.1) is 0 Å². The molecule has 382 valence electrons. The Kier molecular flexibility index (Phi) is 17.1. The Hall–Kier alpha value is -5.20. The second-order valence-electron chi connectivity index (χ2n) is 20.6. The Morgan fingerprint density at radius 3 is 2.31 bits per heavy atom. The molecule has 4 saturated carbocycles. The predicted octanol–water partition coefficient (Wildman–Crippen LogP) is 8.30. The quantitative estimate of drug-likeness (QED) is 0.0859. The standard InChI is InChI=1S/C25H34O6.C22H31NO3.C11H8O3/c1-4-5-21-30-20-11-17-16-7-6-14-10-15(27)8-9-23(14,2)22(16)18(28)12-24(17,3)25(20,31-21)19(29)13-26;1-3-23(4-2)17-11-12-18-26-21(24)22(25,19-13-7-5-8-14-19)20-15-9-6-10-16-20;12-10-8-4-2-1-3-7(8)5-6-9(10)11(13)14/h8-10,16-18,20-22,26,28H,4-7,11-13H2,1-3H3;5,7-8,13-14,20,25H,3-4,6,9-10,15-18H2,1-2H3;1-6,12H,(H,13,14)/t16-,17-,18-,20+,21?,22+,23-,24-,25+;;/m0../s1. The van der Waals surface area contributed by atoms with Gasteiger partial charge >= 0.3 is 11.9 Å². The zero-order chi connectivity index (χ0) is 51.1. The van der Waals surface area contributed by atoms with Crippen molar-refractivity contribution >= 4 is 34.3 Å². The number of hydrogen-bond acceptors (Lipinski definition) is 12. The molecule has 1 saturated heterocycles. The lowest BCUT2D eigenvalue weighted by molar-refractivity contribution is -0.200. The fourth-order valence-electron chi connectivity index (χ4n) is 13.2. The molecule has 3 aromatic rings. The summed E-state index contributed by atoms with van der Waals surface area (Å²) in [5, 5.41) is 52.6. The number of aromatic hydroxyl groups is 1. The van der Waals surface area contributed by atoms with Crippen molar-refractivity contribution in [2.45, 2.75) is 135 Å². The SMILES string of the molecule is CCCC1O[C@@H]2C[C@H]3[C@@H]4CCC5=CC(=O)C=C[C@]5(C)[C@H]4[C@@H](O)C[C@]3(C)[C@]2(C(=O)CO)O1.CCN(CC)CC#CCOC(=O)C(O)(c1ccccc1)C1CCCCC1.O=C(O)c1ccc2ccccc2c1O. The second kappa shape index (κ2) is 22.7. The van der Waals surface area contributed by atoms with Crippen LogP contribution in [-0.2, 0) is 34.2 Å². The van der Waals surface area contributed by atoms with Crippen molar-refractivity contribution in [3.8, 4) is 17.6 Å². The van der Waals surface area contributed by atoms with Crippen molar-refractivity contribution in [1.82, 2.24) is 4.90 Å². The van der Waals surface area contributed by atoms with Crippen LogP contribution in [0.3, 0.4) is 0 Å². The van der Waals surface area contributed by atoms with E-state index in [2.05, 4.69) is 51.4 Å². The molecular formula is C58H73NO12. The normalized spacial score (nSPS) is 30.3. The van der Waals surface area contributed by atoms with Crippen molar-refractivity contribution in [1.29, 1.82) is 0 Å². The number of aliphatic hydroxyl groups excluding tert-OH is 2. The van der Waals surface area contributed by atoms with E-state index in [1.165, 1.54) is 6.07 Å². The Balaban J connectivity index is 0.000000167. The number of carboxylic acids is 1. The number of carboxylic acid groups (broad SMARTS) is 1. The molecule has 1 heterocycles. The number of carbonyl (C=O) groups excluding carboxylic acids is 3. The lowest BCUT2D eigenvalue weighted by atomic mass is 9.46.